The van der Waals surface area contributed by atoms with Gasteiger partial charge >= 0.3 is 0 Å². The van der Waals surface area contributed by atoms with Gasteiger partial charge in [0.25, 0.3) is 0 Å². The summed E-state index contributed by atoms with van der Waals surface area (Å²) < 4.78 is 11.2. The normalized spacial score (nSPS) is 18.3. The van der Waals surface area contributed by atoms with E-state index in [9.17, 15) is 4.79 Å². The number of aromatic nitrogens is 1. The molecule has 1 amide bonds. The molecular formula is C20H24ClN3O3S. The van der Waals surface area contributed by atoms with Crippen LogP contribution >= 0.6 is 24.2 Å². The van der Waals surface area contributed by atoms with E-state index in [1.165, 1.54) is 0 Å². The molecule has 0 saturated carbocycles. The first kappa shape index (κ1) is 20.8. The lowest BCUT2D eigenvalue weighted by Crippen LogP contribution is -2.48. The average molecular weight is 422 g/mol. The Balaban J connectivity index is 0.00000225. The zero-order valence-corrected chi connectivity index (χ0v) is 17.1. The van der Waals surface area contributed by atoms with E-state index < -0.39 is 0 Å². The van der Waals surface area contributed by atoms with Crippen molar-refractivity contribution < 1.29 is 14.3 Å². The van der Waals surface area contributed by atoms with Crippen LogP contribution in [-0.4, -0.2) is 54.4 Å². The van der Waals surface area contributed by atoms with Gasteiger partial charge in [0.15, 0.2) is 11.5 Å². The Morgan fingerprint density at radius 2 is 2.11 bits per heavy atom. The SMILES string of the molecule is Cl.O=C(CCSc1ccc2c(c1)OCCO2)N1CCNCC1c1cccnc1. The van der Waals surface area contributed by atoms with E-state index in [0.717, 1.165) is 47.3 Å². The number of ether oxygens (including phenoxy) is 2. The molecule has 2 aliphatic rings. The second-order valence-corrected chi connectivity index (χ2v) is 7.67. The van der Waals surface area contributed by atoms with Crippen molar-refractivity contribution in [3.63, 3.8) is 0 Å². The van der Waals surface area contributed by atoms with E-state index in [1.54, 1.807) is 18.0 Å². The number of nitrogens with zero attached hydrogens (tertiary/aromatic N) is 2. The first-order valence-corrected chi connectivity index (χ1v) is 10.2. The van der Waals surface area contributed by atoms with Crippen LogP contribution in [0.1, 0.15) is 18.0 Å². The van der Waals surface area contributed by atoms with Crippen LogP contribution in [0.15, 0.2) is 47.6 Å². The minimum Gasteiger partial charge on any atom is -0.486 e. The number of thioether (sulfide) groups is 1. The van der Waals surface area contributed by atoms with Gasteiger partial charge in [0.2, 0.25) is 5.91 Å². The molecule has 0 bridgehead atoms. The molecule has 1 saturated heterocycles. The largest absolute Gasteiger partial charge is 0.486 e. The minimum atomic E-state index is 0. The zero-order chi connectivity index (χ0) is 18.5. The summed E-state index contributed by atoms with van der Waals surface area (Å²) in [4.78, 5) is 20.1. The van der Waals surface area contributed by atoms with Crippen molar-refractivity contribution >= 4 is 30.1 Å². The fourth-order valence-electron chi connectivity index (χ4n) is 3.39. The minimum absolute atomic E-state index is 0. The molecule has 150 valence electrons. The van der Waals surface area contributed by atoms with Gasteiger partial charge in [-0.2, -0.15) is 0 Å². The Bertz CT molecular complexity index is 794. The molecule has 1 atom stereocenters. The lowest BCUT2D eigenvalue weighted by molar-refractivity contribution is -0.134. The Labute approximate surface area is 175 Å². The van der Waals surface area contributed by atoms with Crippen LogP contribution in [0, 0.1) is 0 Å². The molecule has 1 aromatic carbocycles. The smallest absolute Gasteiger partial charge is 0.224 e. The van der Waals surface area contributed by atoms with Crippen molar-refractivity contribution in [2.75, 3.05) is 38.6 Å². The summed E-state index contributed by atoms with van der Waals surface area (Å²) in [5, 5.41) is 3.38. The number of hydrogen-bond donors (Lipinski definition) is 1. The number of pyridine rings is 1. The Morgan fingerprint density at radius 3 is 2.93 bits per heavy atom. The number of amides is 1. The van der Waals surface area contributed by atoms with Crippen molar-refractivity contribution in [1.82, 2.24) is 15.2 Å². The first-order chi connectivity index (χ1) is 13.3. The number of piperazine rings is 1. The van der Waals surface area contributed by atoms with Gasteiger partial charge in [-0.25, -0.2) is 0 Å². The maximum absolute atomic E-state index is 12.8. The fourth-order valence-corrected chi connectivity index (χ4v) is 4.25. The molecule has 2 aromatic rings. The Morgan fingerprint density at radius 1 is 1.25 bits per heavy atom. The second-order valence-electron chi connectivity index (χ2n) is 6.50. The number of halogens is 1. The van der Waals surface area contributed by atoms with Gasteiger partial charge in [-0.15, -0.1) is 24.2 Å². The lowest BCUT2D eigenvalue weighted by Gasteiger charge is -2.36. The summed E-state index contributed by atoms with van der Waals surface area (Å²) in [6.07, 6.45) is 4.12. The van der Waals surface area contributed by atoms with Gasteiger partial charge in [-0.3, -0.25) is 9.78 Å². The van der Waals surface area contributed by atoms with Crippen LogP contribution in [0.5, 0.6) is 11.5 Å². The van der Waals surface area contributed by atoms with E-state index in [4.69, 9.17) is 9.47 Å². The Hall–Kier alpha value is -1.96. The fraction of sp³-hybridized carbons (Fsp3) is 0.400. The van der Waals surface area contributed by atoms with Crippen molar-refractivity contribution in [3.8, 4) is 11.5 Å². The van der Waals surface area contributed by atoms with Crippen LogP contribution in [0.3, 0.4) is 0 Å². The second kappa shape index (κ2) is 10.0. The third kappa shape index (κ3) is 4.90. The number of carbonyl (C=O) groups is 1. The van der Waals surface area contributed by atoms with Gasteiger partial charge in [0.05, 0.1) is 6.04 Å². The predicted octanol–water partition coefficient (Wildman–Crippen LogP) is 2.93. The van der Waals surface area contributed by atoms with E-state index in [-0.39, 0.29) is 24.4 Å². The van der Waals surface area contributed by atoms with E-state index in [2.05, 4.69) is 10.3 Å². The highest BCUT2D eigenvalue weighted by molar-refractivity contribution is 7.99. The number of nitrogens with one attached hydrogen (secondary N) is 1. The first-order valence-electron chi connectivity index (χ1n) is 9.24. The quantitative estimate of drug-likeness (QED) is 0.749. The van der Waals surface area contributed by atoms with Crippen molar-refractivity contribution in [3.05, 3.63) is 48.3 Å². The number of carbonyl (C=O) groups excluding carboxylic acids is 1. The van der Waals surface area contributed by atoms with Crippen LogP contribution in [0.25, 0.3) is 0 Å². The van der Waals surface area contributed by atoms with E-state index in [1.807, 2.05) is 41.4 Å². The van der Waals surface area contributed by atoms with Gasteiger partial charge < -0.3 is 19.7 Å². The molecule has 8 heteroatoms. The number of hydrogen-bond acceptors (Lipinski definition) is 6. The van der Waals surface area contributed by atoms with Gasteiger partial charge in [0.1, 0.15) is 13.2 Å². The summed E-state index contributed by atoms with van der Waals surface area (Å²) in [5.41, 5.74) is 1.08. The lowest BCUT2D eigenvalue weighted by atomic mass is 10.1. The molecule has 3 heterocycles. The van der Waals surface area contributed by atoms with Crippen LogP contribution in [0.4, 0.5) is 0 Å². The van der Waals surface area contributed by atoms with Gasteiger partial charge in [-0.1, -0.05) is 6.07 Å². The molecule has 1 unspecified atom stereocenters. The molecule has 2 aliphatic heterocycles. The summed E-state index contributed by atoms with van der Waals surface area (Å²) in [6.45, 7) is 3.51. The molecule has 1 aromatic heterocycles. The molecule has 1 N–H and O–H groups in total. The average Bonchev–Trinajstić information content (AvgIpc) is 2.74. The van der Waals surface area contributed by atoms with E-state index in [0.29, 0.717) is 19.6 Å². The van der Waals surface area contributed by atoms with Crippen molar-refractivity contribution in [2.45, 2.75) is 17.4 Å². The highest BCUT2D eigenvalue weighted by atomic mass is 35.5. The third-order valence-electron chi connectivity index (χ3n) is 4.73. The Kier molecular flexibility index (Phi) is 7.42. The number of rotatable bonds is 5. The maximum Gasteiger partial charge on any atom is 0.224 e. The summed E-state index contributed by atoms with van der Waals surface area (Å²) in [6, 6.07) is 9.96. The summed E-state index contributed by atoms with van der Waals surface area (Å²) >= 11 is 1.67. The maximum atomic E-state index is 12.8. The number of fused-ring (bicyclic) bond motifs is 1. The van der Waals surface area contributed by atoms with Crippen LogP contribution in [0.2, 0.25) is 0 Å². The molecule has 0 radical (unpaired) electrons. The number of benzene rings is 1. The third-order valence-corrected chi connectivity index (χ3v) is 5.73. The molecule has 28 heavy (non-hydrogen) atoms. The van der Waals surface area contributed by atoms with Crippen LogP contribution in [-0.2, 0) is 4.79 Å². The zero-order valence-electron chi connectivity index (χ0n) is 15.5. The molecule has 0 spiro atoms. The highest BCUT2D eigenvalue weighted by Gasteiger charge is 2.27. The monoisotopic (exact) mass is 421 g/mol. The standard InChI is InChI=1S/C20H23N3O3S.ClH/c24-20(23-8-7-22-14-17(23)15-2-1-6-21-13-15)5-11-27-16-3-4-18-19(12-16)26-10-9-25-18;/h1-4,6,12-13,17,22H,5,7-11,14H2;1H. The van der Waals surface area contributed by atoms with Crippen molar-refractivity contribution in [2.24, 2.45) is 0 Å². The topological polar surface area (TPSA) is 63.7 Å². The molecule has 0 aliphatic carbocycles. The molecule has 6 nitrogen and oxygen atoms in total. The summed E-state index contributed by atoms with van der Waals surface area (Å²) in [5.74, 6) is 2.51. The van der Waals surface area contributed by atoms with Crippen molar-refractivity contribution in [1.29, 1.82) is 0 Å². The molecule has 4 rings (SSSR count). The highest BCUT2D eigenvalue weighted by Crippen LogP contribution is 2.34. The molecule has 1 fully saturated rings. The van der Waals surface area contributed by atoms with Gasteiger partial charge in [0, 0.05) is 49.1 Å². The predicted molar refractivity (Wildman–Crippen MR) is 112 cm³/mol. The van der Waals surface area contributed by atoms with Crippen LogP contribution < -0.4 is 14.8 Å². The van der Waals surface area contributed by atoms with Gasteiger partial charge in [-0.05, 0) is 29.8 Å². The summed E-state index contributed by atoms with van der Waals surface area (Å²) in [7, 11) is 0. The van der Waals surface area contributed by atoms with E-state index >= 15 is 0 Å². The molecular weight excluding hydrogens is 398 g/mol.